The van der Waals surface area contributed by atoms with Gasteiger partial charge in [0.2, 0.25) is 0 Å². The number of hydrogen-bond donors (Lipinski definition) is 1. The van der Waals surface area contributed by atoms with E-state index >= 15 is 0 Å². The Morgan fingerprint density at radius 3 is 2.61 bits per heavy atom. The molecule has 0 bridgehead atoms. The topological polar surface area (TPSA) is 111 Å². The van der Waals surface area contributed by atoms with Gasteiger partial charge in [0.15, 0.2) is 15.7 Å². The van der Waals surface area contributed by atoms with Gasteiger partial charge in [-0.15, -0.1) is 0 Å². The van der Waals surface area contributed by atoms with E-state index in [1.165, 1.54) is 11.9 Å². The maximum absolute atomic E-state index is 11.7. The van der Waals surface area contributed by atoms with Crippen LogP contribution in [0.25, 0.3) is 27.5 Å². The molecule has 0 spiro atoms. The summed E-state index contributed by atoms with van der Waals surface area (Å²) in [6.45, 7) is 2.89. The Morgan fingerprint density at radius 2 is 1.79 bits per heavy atom. The smallest absolute Gasteiger partial charge is 0.152 e. The molecule has 6 rings (SSSR count). The van der Waals surface area contributed by atoms with Gasteiger partial charge in [0.1, 0.15) is 11.8 Å². The molecule has 10 heteroatoms. The highest BCUT2D eigenvalue weighted by Gasteiger charge is 2.21. The van der Waals surface area contributed by atoms with Crippen molar-refractivity contribution in [2.24, 2.45) is 0 Å². The van der Waals surface area contributed by atoms with Crippen LogP contribution in [-0.4, -0.2) is 68.8 Å². The van der Waals surface area contributed by atoms with Gasteiger partial charge in [-0.3, -0.25) is 4.68 Å². The first kappa shape index (κ1) is 24.6. The zero-order valence-corrected chi connectivity index (χ0v) is 22.0. The Morgan fingerprint density at radius 1 is 0.974 bits per heavy atom. The largest absolute Gasteiger partial charge is 0.382 e. The van der Waals surface area contributed by atoms with Crippen molar-refractivity contribution in [3.05, 3.63) is 78.4 Å². The van der Waals surface area contributed by atoms with Gasteiger partial charge in [0, 0.05) is 35.9 Å². The summed E-state index contributed by atoms with van der Waals surface area (Å²) in [5, 5.41) is 10.4. The Hall–Kier alpha value is -3.76. The van der Waals surface area contributed by atoms with Crippen LogP contribution in [0.15, 0.2) is 67.1 Å². The molecule has 0 radical (unpaired) electrons. The van der Waals surface area contributed by atoms with Crippen LogP contribution in [0.2, 0.25) is 0 Å². The molecule has 0 aliphatic carbocycles. The van der Waals surface area contributed by atoms with Crippen LogP contribution >= 0.6 is 0 Å². The number of nitrogens with two attached hydrogens (primary N) is 1. The second-order valence-electron chi connectivity index (χ2n) is 9.99. The van der Waals surface area contributed by atoms with E-state index in [0.717, 1.165) is 65.6 Å². The van der Waals surface area contributed by atoms with Crippen LogP contribution in [0.4, 0.5) is 5.82 Å². The zero-order chi connectivity index (χ0) is 26.1. The molecule has 4 heterocycles. The third kappa shape index (κ3) is 5.14. The quantitative estimate of drug-likeness (QED) is 0.307. The highest BCUT2D eigenvalue weighted by atomic mass is 32.2. The molecule has 1 aliphatic heterocycles. The van der Waals surface area contributed by atoms with Crippen LogP contribution in [0.1, 0.15) is 24.1 Å². The summed E-state index contributed by atoms with van der Waals surface area (Å²) in [6, 6.07) is 18.8. The standard InChI is InChI=1S/C28H31N7O2S/c29-28-27-25(22-9-10-23-19-34(32-26(23)16-22)18-21-6-2-1-3-7-21)17-24(35(27)31-20-30-28)8-4-5-11-33-12-14-38(36,37)15-13-33/h1-3,6-7,9-10,16-17,19-20H,4-5,8,11-15,18H2,(H2,29,30,31). The summed E-state index contributed by atoms with van der Waals surface area (Å²) in [5.74, 6) is 0.987. The predicted octanol–water partition coefficient (Wildman–Crippen LogP) is 3.43. The van der Waals surface area contributed by atoms with E-state index in [1.807, 2.05) is 27.4 Å². The molecule has 2 aromatic carbocycles. The number of anilines is 1. The number of aryl methyl sites for hydroxylation is 1. The fraction of sp³-hybridized carbons (Fsp3) is 0.321. The van der Waals surface area contributed by atoms with Gasteiger partial charge >= 0.3 is 0 Å². The third-order valence-electron chi connectivity index (χ3n) is 7.30. The predicted molar refractivity (Wildman–Crippen MR) is 150 cm³/mol. The first-order valence-corrected chi connectivity index (χ1v) is 14.8. The van der Waals surface area contributed by atoms with Gasteiger partial charge in [-0.25, -0.2) is 17.9 Å². The Bertz CT molecular complexity index is 1680. The van der Waals surface area contributed by atoms with E-state index in [9.17, 15) is 8.42 Å². The van der Waals surface area contributed by atoms with Crippen LogP contribution < -0.4 is 5.73 Å². The maximum Gasteiger partial charge on any atom is 0.152 e. The minimum atomic E-state index is -2.85. The number of aromatic nitrogens is 5. The van der Waals surface area contributed by atoms with Gasteiger partial charge in [0.25, 0.3) is 0 Å². The van der Waals surface area contributed by atoms with Crippen molar-refractivity contribution in [2.75, 3.05) is 36.9 Å². The SMILES string of the molecule is Nc1ncnn2c(CCCCN3CCS(=O)(=O)CC3)cc(-c3ccc4cn(Cc5ccccc5)nc4c3)c12. The first-order chi connectivity index (χ1) is 18.4. The van der Waals surface area contributed by atoms with E-state index < -0.39 is 9.84 Å². The molecule has 1 aliphatic rings. The van der Waals surface area contributed by atoms with Gasteiger partial charge in [-0.1, -0.05) is 42.5 Å². The molecule has 5 aromatic rings. The van der Waals surface area contributed by atoms with Gasteiger partial charge in [0.05, 0.1) is 23.6 Å². The zero-order valence-electron chi connectivity index (χ0n) is 21.2. The van der Waals surface area contributed by atoms with Crippen LogP contribution in [0, 0.1) is 0 Å². The molecule has 1 fully saturated rings. The lowest BCUT2D eigenvalue weighted by Crippen LogP contribution is -2.40. The van der Waals surface area contributed by atoms with Gasteiger partial charge in [-0.05, 0) is 49.1 Å². The first-order valence-electron chi connectivity index (χ1n) is 13.0. The van der Waals surface area contributed by atoms with Gasteiger partial charge in [-0.2, -0.15) is 10.2 Å². The van der Waals surface area contributed by atoms with Gasteiger partial charge < -0.3 is 10.6 Å². The van der Waals surface area contributed by atoms with Crippen molar-refractivity contribution in [1.29, 1.82) is 0 Å². The molecule has 2 N–H and O–H groups in total. The van der Waals surface area contributed by atoms with Crippen molar-refractivity contribution in [2.45, 2.75) is 25.8 Å². The number of rotatable bonds is 8. The van der Waals surface area contributed by atoms with Crippen LogP contribution in [0.5, 0.6) is 0 Å². The average Bonchev–Trinajstić information content (AvgIpc) is 3.49. The Balaban J connectivity index is 1.21. The molecule has 0 atom stereocenters. The second kappa shape index (κ2) is 10.2. The number of nitrogens with zero attached hydrogens (tertiary/aromatic N) is 6. The summed E-state index contributed by atoms with van der Waals surface area (Å²) >= 11 is 0. The fourth-order valence-electron chi connectivity index (χ4n) is 5.23. The van der Waals surface area contributed by atoms with E-state index in [4.69, 9.17) is 10.8 Å². The Kier molecular flexibility index (Phi) is 6.59. The second-order valence-corrected chi connectivity index (χ2v) is 12.3. The van der Waals surface area contributed by atoms with Crippen molar-refractivity contribution >= 4 is 32.1 Å². The summed E-state index contributed by atoms with van der Waals surface area (Å²) < 4.78 is 27.2. The molecule has 9 nitrogen and oxygen atoms in total. The lowest BCUT2D eigenvalue weighted by molar-refractivity contribution is 0.289. The highest BCUT2D eigenvalue weighted by Crippen LogP contribution is 2.32. The molecule has 0 unspecified atom stereocenters. The molecular weight excluding hydrogens is 498 g/mol. The van der Waals surface area contributed by atoms with Crippen molar-refractivity contribution in [3.8, 4) is 11.1 Å². The summed E-state index contributed by atoms with van der Waals surface area (Å²) in [6.07, 6.45) is 6.39. The number of benzene rings is 2. The third-order valence-corrected chi connectivity index (χ3v) is 8.91. The normalized spacial score (nSPS) is 15.9. The number of fused-ring (bicyclic) bond motifs is 2. The van der Waals surface area contributed by atoms with Crippen molar-refractivity contribution < 1.29 is 8.42 Å². The lowest BCUT2D eigenvalue weighted by Gasteiger charge is -2.26. The minimum absolute atomic E-state index is 0.269. The molecule has 1 saturated heterocycles. The summed E-state index contributed by atoms with van der Waals surface area (Å²) in [7, 11) is -2.85. The van der Waals surface area contributed by atoms with E-state index in [-0.39, 0.29) is 11.5 Å². The average molecular weight is 530 g/mol. The number of unbranched alkanes of at least 4 members (excludes halogenated alkanes) is 1. The fourth-order valence-corrected chi connectivity index (χ4v) is 6.51. The molecule has 196 valence electrons. The van der Waals surface area contributed by atoms with Crippen LogP contribution in [-0.2, 0) is 22.8 Å². The van der Waals surface area contributed by atoms with E-state index in [0.29, 0.717) is 18.9 Å². The van der Waals surface area contributed by atoms with E-state index in [1.54, 1.807) is 0 Å². The number of nitrogen functional groups attached to an aromatic ring is 1. The monoisotopic (exact) mass is 529 g/mol. The molecule has 0 saturated carbocycles. The minimum Gasteiger partial charge on any atom is -0.382 e. The summed E-state index contributed by atoms with van der Waals surface area (Å²) in [5.41, 5.74) is 12.4. The Labute approximate surface area is 221 Å². The lowest BCUT2D eigenvalue weighted by atomic mass is 10.0. The highest BCUT2D eigenvalue weighted by molar-refractivity contribution is 7.91. The number of hydrogen-bond acceptors (Lipinski definition) is 7. The molecular formula is C28H31N7O2S. The maximum atomic E-state index is 11.7. The molecule has 0 amide bonds. The number of sulfone groups is 1. The summed E-state index contributed by atoms with van der Waals surface area (Å²) in [4.78, 5) is 6.50. The molecule has 3 aromatic heterocycles. The molecule has 38 heavy (non-hydrogen) atoms. The van der Waals surface area contributed by atoms with Crippen molar-refractivity contribution in [1.82, 2.24) is 29.3 Å². The van der Waals surface area contributed by atoms with Crippen LogP contribution in [0.3, 0.4) is 0 Å². The van der Waals surface area contributed by atoms with Crippen molar-refractivity contribution in [3.63, 3.8) is 0 Å². The van der Waals surface area contributed by atoms with E-state index in [2.05, 4.69) is 57.6 Å².